The van der Waals surface area contributed by atoms with Crippen LogP contribution in [0.2, 0.25) is 0 Å². The Labute approximate surface area is 195 Å². The minimum atomic E-state index is -1.20. The molecule has 0 aromatic rings. The van der Waals surface area contributed by atoms with Gasteiger partial charge in [0.2, 0.25) is 0 Å². The van der Waals surface area contributed by atoms with Gasteiger partial charge < -0.3 is 14.6 Å². The quantitative estimate of drug-likeness (QED) is 0.170. The van der Waals surface area contributed by atoms with E-state index in [1.165, 1.54) is 51.4 Å². The predicted molar refractivity (Wildman–Crippen MR) is 91.0 cm³/mol. The summed E-state index contributed by atoms with van der Waals surface area (Å²) in [4.78, 5) is 32.9. The molecule has 0 saturated heterocycles. The third-order valence-electron chi connectivity index (χ3n) is 3.97. The number of hydrogen-bond donors (Lipinski definition) is 0. The SMILES string of the molecule is CCCCCCCCCCCCCC(=O)OC(=O)CCCC(=O)[O-].[K+]. The Balaban J connectivity index is 0. The zero-order valence-corrected chi connectivity index (χ0v) is 19.3. The van der Waals surface area contributed by atoms with Crippen molar-refractivity contribution in [3.05, 3.63) is 0 Å². The number of rotatable bonds is 16. The van der Waals surface area contributed by atoms with Crippen molar-refractivity contribution >= 4 is 17.9 Å². The largest absolute Gasteiger partial charge is 1.00 e. The second-order valence-corrected chi connectivity index (χ2v) is 6.36. The van der Waals surface area contributed by atoms with Crippen LogP contribution in [0, 0.1) is 0 Å². The fourth-order valence-electron chi connectivity index (χ4n) is 2.54. The molecule has 0 heterocycles. The Bertz CT molecular complexity index is 358. The predicted octanol–water partition coefficient (Wildman–Crippen LogP) is 0.682. The maximum Gasteiger partial charge on any atom is 1.00 e. The number of unbranched alkanes of at least 4 members (excludes halogenated alkanes) is 10. The van der Waals surface area contributed by atoms with Crippen LogP contribution in [0.15, 0.2) is 0 Å². The molecule has 0 aliphatic carbocycles. The van der Waals surface area contributed by atoms with Crippen LogP contribution in [0.25, 0.3) is 0 Å². The molecule has 0 rings (SSSR count). The third-order valence-corrected chi connectivity index (χ3v) is 3.97. The van der Waals surface area contributed by atoms with Crippen molar-refractivity contribution in [3.63, 3.8) is 0 Å². The number of esters is 2. The fourth-order valence-corrected chi connectivity index (χ4v) is 2.54. The van der Waals surface area contributed by atoms with Crippen molar-refractivity contribution < 1.29 is 75.6 Å². The fraction of sp³-hybridized carbons (Fsp3) is 0.842. The summed E-state index contributed by atoms with van der Waals surface area (Å²) in [6, 6.07) is 0. The van der Waals surface area contributed by atoms with Gasteiger partial charge in [-0.05, 0) is 19.3 Å². The number of hydrogen-bond acceptors (Lipinski definition) is 5. The van der Waals surface area contributed by atoms with Crippen molar-refractivity contribution in [1.82, 2.24) is 0 Å². The smallest absolute Gasteiger partial charge is 0.550 e. The van der Waals surface area contributed by atoms with E-state index in [1.54, 1.807) is 0 Å². The van der Waals surface area contributed by atoms with Crippen LogP contribution in [0.5, 0.6) is 0 Å². The number of carbonyl (C=O) groups excluding carboxylic acids is 3. The van der Waals surface area contributed by atoms with Gasteiger partial charge in [-0.15, -0.1) is 0 Å². The molecule has 0 amide bonds. The van der Waals surface area contributed by atoms with Gasteiger partial charge >= 0.3 is 63.3 Å². The Kier molecular flexibility index (Phi) is 22.6. The molecule has 0 aromatic heterocycles. The first-order valence-corrected chi connectivity index (χ1v) is 9.49. The normalized spacial score (nSPS) is 10.1. The van der Waals surface area contributed by atoms with Crippen LogP contribution in [0.3, 0.4) is 0 Å². The van der Waals surface area contributed by atoms with Crippen molar-refractivity contribution in [1.29, 1.82) is 0 Å². The standard InChI is InChI=1S/C19H34O5.K/c1-2-3-4-5-6-7-8-9-10-11-12-15-18(22)24-19(23)16-13-14-17(20)21;/h2-16H2,1H3,(H,20,21);/q;+1/p-1. The summed E-state index contributed by atoms with van der Waals surface area (Å²) in [6.45, 7) is 2.23. The molecule has 5 nitrogen and oxygen atoms in total. The van der Waals surface area contributed by atoms with E-state index in [9.17, 15) is 19.5 Å². The first-order chi connectivity index (χ1) is 11.6. The molecule has 0 spiro atoms. The Morgan fingerprint density at radius 2 is 1.04 bits per heavy atom. The van der Waals surface area contributed by atoms with E-state index < -0.39 is 17.9 Å². The van der Waals surface area contributed by atoms with Gasteiger partial charge in [-0.3, -0.25) is 9.59 Å². The van der Waals surface area contributed by atoms with Crippen LogP contribution >= 0.6 is 0 Å². The van der Waals surface area contributed by atoms with E-state index in [-0.39, 0.29) is 77.1 Å². The summed E-state index contributed by atoms with van der Waals surface area (Å²) in [5.41, 5.74) is 0. The summed E-state index contributed by atoms with van der Waals surface area (Å²) in [5, 5.41) is 10.2. The zero-order chi connectivity index (χ0) is 18.0. The van der Waals surface area contributed by atoms with Crippen LogP contribution in [-0.4, -0.2) is 17.9 Å². The Hall–Kier alpha value is 0.246. The molecule has 0 saturated carbocycles. The third kappa shape index (κ3) is 22.2. The molecule has 0 bridgehead atoms. The molecule has 0 aliphatic heterocycles. The van der Waals surface area contributed by atoms with Gasteiger partial charge in [-0.2, -0.15) is 0 Å². The minimum absolute atomic E-state index is 0. The number of aliphatic carboxylic acids is 1. The number of carboxylic acids is 1. The Morgan fingerprint density at radius 3 is 1.48 bits per heavy atom. The zero-order valence-electron chi connectivity index (χ0n) is 16.1. The molecule has 0 radical (unpaired) electrons. The van der Waals surface area contributed by atoms with Gasteiger partial charge in [0.05, 0.1) is 0 Å². The van der Waals surface area contributed by atoms with E-state index in [2.05, 4.69) is 11.7 Å². The van der Waals surface area contributed by atoms with E-state index in [1.807, 2.05) is 0 Å². The summed E-state index contributed by atoms with van der Waals surface area (Å²) in [7, 11) is 0. The molecular formula is C19H33KO5. The van der Waals surface area contributed by atoms with Gasteiger partial charge in [-0.1, -0.05) is 71.1 Å². The van der Waals surface area contributed by atoms with Gasteiger partial charge in [-0.25, -0.2) is 0 Å². The van der Waals surface area contributed by atoms with E-state index >= 15 is 0 Å². The summed E-state index contributed by atoms with van der Waals surface area (Å²) in [6.07, 6.45) is 13.4. The van der Waals surface area contributed by atoms with Crippen molar-refractivity contribution in [2.75, 3.05) is 0 Å². The molecule has 0 atom stereocenters. The molecular weight excluding hydrogens is 347 g/mol. The molecule has 6 heteroatoms. The van der Waals surface area contributed by atoms with Crippen molar-refractivity contribution in [3.8, 4) is 0 Å². The minimum Gasteiger partial charge on any atom is -0.550 e. The summed E-state index contributed by atoms with van der Waals surface area (Å²) < 4.78 is 4.63. The maximum absolute atomic E-state index is 11.4. The topological polar surface area (TPSA) is 83.5 Å². The van der Waals surface area contributed by atoms with Gasteiger partial charge in [0.25, 0.3) is 0 Å². The Morgan fingerprint density at radius 1 is 0.640 bits per heavy atom. The van der Waals surface area contributed by atoms with Gasteiger partial charge in [0.15, 0.2) is 0 Å². The molecule has 0 aromatic carbocycles. The van der Waals surface area contributed by atoms with Crippen LogP contribution in [-0.2, 0) is 19.1 Å². The van der Waals surface area contributed by atoms with Crippen LogP contribution in [0.1, 0.15) is 103 Å². The van der Waals surface area contributed by atoms with Crippen LogP contribution < -0.4 is 56.5 Å². The average Bonchev–Trinajstić information content (AvgIpc) is 2.52. The molecule has 0 fully saturated rings. The van der Waals surface area contributed by atoms with Gasteiger partial charge in [0.1, 0.15) is 0 Å². The number of carbonyl (C=O) groups is 3. The number of carboxylic acid groups (broad SMARTS) is 1. The van der Waals surface area contributed by atoms with Gasteiger partial charge in [0, 0.05) is 18.8 Å². The second kappa shape index (κ2) is 20.6. The monoisotopic (exact) mass is 380 g/mol. The van der Waals surface area contributed by atoms with E-state index in [0.717, 1.165) is 19.3 Å². The van der Waals surface area contributed by atoms with E-state index in [4.69, 9.17) is 0 Å². The van der Waals surface area contributed by atoms with Crippen molar-refractivity contribution in [2.24, 2.45) is 0 Å². The van der Waals surface area contributed by atoms with E-state index in [0.29, 0.717) is 0 Å². The molecule has 0 aliphatic rings. The average molecular weight is 381 g/mol. The van der Waals surface area contributed by atoms with Crippen LogP contribution in [0.4, 0.5) is 0 Å². The number of ether oxygens (including phenoxy) is 1. The molecule has 0 unspecified atom stereocenters. The first-order valence-electron chi connectivity index (χ1n) is 9.49. The maximum atomic E-state index is 11.4. The summed E-state index contributed by atoms with van der Waals surface area (Å²) >= 11 is 0. The molecule has 0 N–H and O–H groups in total. The second-order valence-electron chi connectivity index (χ2n) is 6.36. The molecule has 25 heavy (non-hydrogen) atoms. The molecule has 140 valence electrons. The summed E-state index contributed by atoms with van der Waals surface area (Å²) in [5.74, 6) is -2.36. The van der Waals surface area contributed by atoms with Crippen molar-refractivity contribution in [2.45, 2.75) is 103 Å². The first kappa shape index (κ1) is 27.5.